The number of pyridine rings is 2. The van der Waals surface area contributed by atoms with Gasteiger partial charge in [0, 0.05) is 48.9 Å². The zero-order chi connectivity index (χ0) is 22.5. The van der Waals surface area contributed by atoms with Gasteiger partial charge in [-0.15, -0.1) is 0 Å². The number of carbonyl (C=O) groups excluding carboxylic acids is 1. The highest BCUT2D eigenvalue weighted by molar-refractivity contribution is 5.75. The zero-order valence-electron chi connectivity index (χ0n) is 18.1. The second-order valence-corrected chi connectivity index (χ2v) is 7.57. The first-order valence-electron chi connectivity index (χ1n) is 10.0. The molecule has 0 aliphatic heterocycles. The third-order valence-corrected chi connectivity index (χ3v) is 4.87. The molecule has 1 atom stereocenters. The lowest BCUT2D eigenvalue weighted by molar-refractivity contribution is -0.119. The van der Waals surface area contributed by atoms with Crippen LogP contribution in [-0.4, -0.2) is 31.9 Å². The number of anilines is 2. The van der Waals surface area contributed by atoms with E-state index in [1.165, 1.54) is 6.92 Å². The van der Waals surface area contributed by atoms with Crippen molar-refractivity contribution < 1.29 is 4.79 Å². The molecule has 0 bridgehead atoms. The van der Waals surface area contributed by atoms with Crippen LogP contribution in [0.25, 0.3) is 11.3 Å². The molecule has 0 saturated carbocycles. The summed E-state index contributed by atoms with van der Waals surface area (Å²) in [4.78, 5) is 39.7. The molecule has 0 fully saturated rings. The van der Waals surface area contributed by atoms with Crippen LogP contribution in [0.15, 0.2) is 35.4 Å². The van der Waals surface area contributed by atoms with Crippen LogP contribution in [0.5, 0.6) is 0 Å². The van der Waals surface area contributed by atoms with Gasteiger partial charge in [0.2, 0.25) is 5.91 Å². The lowest BCUT2D eigenvalue weighted by Gasteiger charge is -2.16. The van der Waals surface area contributed by atoms with Gasteiger partial charge in [-0.2, -0.15) is 0 Å². The van der Waals surface area contributed by atoms with E-state index < -0.39 is 0 Å². The monoisotopic (exact) mass is 421 g/mol. The summed E-state index contributed by atoms with van der Waals surface area (Å²) in [6, 6.07) is 5.67. The Balaban J connectivity index is 1.93. The fraction of sp³-hybridized carbons (Fsp3) is 0.318. The number of nitrogens with two attached hydrogens (primary N) is 1. The molecule has 0 aromatic carbocycles. The zero-order valence-corrected chi connectivity index (χ0v) is 18.1. The average Bonchev–Trinajstić information content (AvgIpc) is 2.70. The number of amides is 1. The van der Waals surface area contributed by atoms with Crippen molar-refractivity contribution in [1.29, 1.82) is 0 Å². The van der Waals surface area contributed by atoms with Crippen LogP contribution in [0, 0.1) is 13.8 Å². The van der Waals surface area contributed by atoms with Gasteiger partial charge in [-0.05, 0) is 50.5 Å². The predicted octanol–water partition coefficient (Wildman–Crippen LogP) is 2.11. The van der Waals surface area contributed by atoms with Gasteiger partial charge < -0.3 is 21.4 Å². The molecule has 0 saturated heterocycles. The molecule has 3 rings (SSSR count). The number of nitrogen functional groups attached to an aromatic ring is 1. The molecule has 0 aliphatic carbocycles. The Morgan fingerprint density at radius 1 is 1.29 bits per heavy atom. The Morgan fingerprint density at radius 2 is 2.06 bits per heavy atom. The Hall–Kier alpha value is -3.75. The lowest BCUT2D eigenvalue weighted by atomic mass is 10.1. The molecule has 31 heavy (non-hydrogen) atoms. The lowest BCUT2D eigenvalue weighted by Crippen LogP contribution is -2.26. The van der Waals surface area contributed by atoms with E-state index in [2.05, 4.69) is 30.6 Å². The maximum atomic E-state index is 12.5. The Labute approximate surface area is 180 Å². The van der Waals surface area contributed by atoms with Crippen molar-refractivity contribution >= 4 is 17.5 Å². The summed E-state index contributed by atoms with van der Waals surface area (Å²) in [5.74, 6) is 0.381. The maximum Gasteiger partial charge on any atom is 0.290 e. The van der Waals surface area contributed by atoms with Gasteiger partial charge >= 0.3 is 0 Å². The van der Waals surface area contributed by atoms with E-state index in [0.717, 1.165) is 16.8 Å². The number of rotatable bonds is 7. The second-order valence-electron chi connectivity index (χ2n) is 7.57. The summed E-state index contributed by atoms with van der Waals surface area (Å²) in [6.45, 7) is 7.36. The van der Waals surface area contributed by atoms with Gasteiger partial charge in [-0.25, -0.2) is 9.97 Å². The molecule has 9 nitrogen and oxygen atoms in total. The highest BCUT2D eigenvalue weighted by Crippen LogP contribution is 2.27. The first kappa shape index (κ1) is 21.9. The molecule has 9 heteroatoms. The van der Waals surface area contributed by atoms with E-state index in [9.17, 15) is 9.59 Å². The normalized spacial score (nSPS) is 11.7. The van der Waals surface area contributed by atoms with Crippen molar-refractivity contribution in [2.75, 3.05) is 11.1 Å². The summed E-state index contributed by atoms with van der Waals surface area (Å²) in [5, 5.41) is 5.95. The summed E-state index contributed by atoms with van der Waals surface area (Å²) >= 11 is 0. The highest BCUT2D eigenvalue weighted by atomic mass is 16.1. The average molecular weight is 422 g/mol. The minimum Gasteiger partial charge on any atom is -0.383 e. The molecule has 5 N–H and O–H groups in total. The molecular weight excluding hydrogens is 394 g/mol. The Morgan fingerprint density at radius 3 is 2.74 bits per heavy atom. The van der Waals surface area contributed by atoms with Gasteiger partial charge in [0.1, 0.15) is 5.82 Å². The van der Waals surface area contributed by atoms with Crippen LogP contribution in [0.1, 0.15) is 36.4 Å². The first-order chi connectivity index (χ1) is 14.7. The number of aromatic nitrogens is 4. The smallest absolute Gasteiger partial charge is 0.290 e. The minimum atomic E-state index is -0.309. The predicted molar refractivity (Wildman–Crippen MR) is 121 cm³/mol. The number of carbonyl (C=O) groups is 1. The van der Waals surface area contributed by atoms with Gasteiger partial charge in [0.05, 0.1) is 5.69 Å². The summed E-state index contributed by atoms with van der Waals surface area (Å²) in [6.07, 6.45) is 4.21. The number of nitrogens with one attached hydrogen (secondary N) is 3. The van der Waals surface area contributed by atoms with Crippen LogP contribution in [0.3, 0.4) is 0 Å². The van der Waals surface area contributed by atoms with Crippen molar-refractivity contribution in [3.63, 3.8) is 0 Å². The standard InChI is InChI=1S/C22H27N7O2/c1-12(8-16-6-5-7-24-10-16)26-21-22(31)28-14(3)19(29-21)18-9-17(11-25-15(4)30)13(2)27-20(18)23/h5-7,9-10,12H,8,11H2,1-4H3,(H2,23,27)(H,25,30)(H,26,29)(H,28,31). The van der Waals surface area contributed by atoms with Crippen molar-refractivity contribution in [3.8, 4) is 11.3 Å². The second kappa shape index (κ2) is 9.38. The first-order valence-corrected chi connectivity index (χ1v) is 10.0. The molecular formula is C22H27N7O2. The summed E-state index contributed by atoms with van der Waals surface area (Å²) in [7, 11) is 0. The number of nitrogens with zero attached hydrogens (tertiary/aromatic N) is 3. The van der Waals surface area contributed by atoms with Gasteiger partial charge in [-0.3, -0.25) is 14.6 Å². The van der Waals surface area contributed by atoms with E-state index >= 15 is 0 Å². The van der Waals surface area contributed by atoms with Crippen LogP contribution in [0.2, 0.25) is 0 Å². The molecule has 162 valence electrons. The third-order valence-electron chi connectivity index (χ3n) is 4.87. The Bertz CT molecular complexity index is 1140. The SMILES string of the molecule is CC(=O)NCc1cc(-c2nc(NC(C)Cc3cccnc3)c(=O)[nH]c2C)c(N)nc1C. The van der Waals surface area contributed by atoms with Crippen LogP contribution in [-0.2, 0) is 17.8 Å². The van der Waals surface area contributed by atoms with Crippen LogP contribution < -0.4 is 21.9 Å². The van der Waals surface area contributed by atoms with E-state index in [4.69, 9.17) is 5.73 Å². The minimum absolute atomic E-state index is 0.0443. The number of aromatic amines is 1. The molecule has 0 radical (unpaired) electrons. The van der Waals surface area contributed by atoms with Gasteiger partial charge in [-0.1, -0.05) is 6.07 Å². The number of aryl methyl sites for hydroxylation is 2. The van der Waals surface area contributed by atoms with Crippen molar-refractivity contribution in [1.82, 2.24) is 25.3 Å². The summed E-state index contributed by atoms with van der Waals surface area (Å²) in [5.41, 5.74) is 10.2. The molecule has 1 unspecified atom stereocenters. The third kappa shape index (κ3) is 5.44. The molecule has 1 amide bonds. The number of hydrogen-bond acceptors (Lipinski definition) is 7. The fourth-order valence-electron chi connectivity index (χ4n) is 3.31. The quantitative estimate of drug-likeness (QED) is 0.458. The van der Waals surface area contributed by atoms with Gasteiger partial charge in [0.25, 0.3) is 5.56 Å². The summed E-state index contributed by atoms with van der Waals surface area (Å²) < 4.78 is 0. The largest absolute Gasteiger partial charge is 0.383 e. The van der Waals surface area contributed by atoms with Crippen molar-refractivity contribution in [2.24, 2.45) is 0 Å². The molecule has 0 aliphatic rings. The topological polar surface area (TPSA) is 139 Å². The molecule has 3 heterocycles. The number of H-pyrrole nitrogens is 1. The van der Waals surface area contributed by atoms with E-state index in [-0.39, 0.29) is 23.3 Å². The molecule has 0 spiro atoms. The highest BCUT2D eigenvalue weighted by Gasteiger charge is 2.17. The maximum absolute atomic E-state index is 12.5. The Kier molecular flexibility index (Phi) is 6.64. The van der Waals surface area contributed by atoms with E-state index in [0.29, 0.717) is 35.7 Å². The number of hydrogen-bond donors (Lipinski definition) is 4. The van der Waals surface area contributed by atoms with Crippen LogP contribution >= 0.6 is 0 Å². The van der Waals surface area contributed by atoms with E-state index in [1.54, 1.807) is 19.3 Å². The van der Waals surface area contributed by atoms with Crippen molar-refractivity contribution in [3.05, 3.63) is 63.5 Å². The van der Waals surface area contributed by atoms with Crippen molar-refractivity contribution in [2.45, 2.75) is 46.7 Å². The molecule has 3 aromatic rings. The fourth-order valence-corrected chi connectivity index (χ4v) is 3.31. The van der Waals surface area contributed by atoms with Gasteiger partial charge in [0.15, 0.2) is 5.82 Å². The molecule has 3 aromatic heterocycles. The van der Waals surface area contributed by atoms with Crippen LogP contribution in [0.4, 0.5) is 11.6 Å². The van der Waals surface area contributed by atoms with E-state index in [1.807, 2.05) is 32.0 Å².